The molecule has 3 amide bonds. The van der Waals surface area contributed by atoms with Crippen molar-refractivity contribution in [1.29, 1.82) is 0 Å². The number of benzene rings is 2. The molecule has 4 atom stereocenters. The molecule has 13 nitrogen and oxygen atoms in total. The van der Waals surface area contributed by atoms with Gasteiger partial charge in [-0.3, -0.25) is 9.59 Å². The van der Waals surface area contributed by atoms with Crippen LogP contribution in [0.1, 0.15) is 95.9 Å². The molecule has 2 saturated heterocycles. The molecule has 3 fully saturated rings. The molecule has 2 aliphatic heterocycles. The molecule has 1 saturated carbocycles. The molecule has 0 bridgehead atoms. The van der Waals surface area contributed by atoms with E-state index >= 15 is 0 Å². The van der Waals surface area contributed by atoms with Gasteiger partial charge in [-0.15, -0.1) is 0 Å². The number of carbonyl (C=O) groups excluding carboxylic acids is 3. The number of hydrogen-bond acceptors (Lipinski definition) is 8. The van der Waals surface area contributed by atoms with Gasteiger partial charge in [0.2, 0.25) is 11.8 Å². The number of likely N-dealkylation sites (tertiary alicyclic amines) is 2. The number of ether oxygens (including phenoxy) is 2. The molecule has 0 unspecified atom stereocenters. The van der Waals surface area contributed by atoms with Crippen LogP contribution in [0.4, 0.5) is 4.79 Å². The van der Waals surface area contributed by atoms with Crippen LogP contribution in [0.5, 0.6) is 0 Å². The van der Waals surface area contributed by atoms with Crippen LogP contribution < -0.4 is 5.32 Å². The number of imidazole rings is 2. The van der Waals surface area contributed by atoms with Crippen molar-refractivity contribution < 1.29 is 23.9 Å². The van der Waals surface area contributed by atoms with Crippen LogP contribution in [-0.2, 0) is 19.1 Å². The Labute approximate surface area is 335 Å². The number of hydrogen-bond donors (Lipinski definition) is 3. The van der Waals surface area contributed by atoms with Crippen molar-refractivity contribution in [2.75, 3.05) is 40.4 Å². The van der Waals surface area contributed by atoms with Crippen molar-refractivity contribution >= 4 is 17.9 Å². The molecule has 3 N–H and O–H groups in total. The molecule has 4 heterocycles. The minimum atomic E-state index is -0.881. The lowest BCUT2D eigenvalue weighted by Gasteiger charge is -2.37. The summed E-state index contributed by atoms with van der Waals surface area (Å²) in [6.45, 7) is 9.71. The first kappa shape index (κ1) is 40.2. The minimum Gasteiger partial charge on any atom is -0.453 e. The number of nitrogens with zero attached hydrogens (tertiary/aromatic N) is 5. The van der Waals surface area contributed by atoms with Gasteiger partial charge in [-0.2, -0.15) is 0 Å². The monoisotopic (exact) mass is 778 g/mol. The quantitative estimate of drug-likeness (QED) is 0.130. The van der Waals surface area contributed by atoms with E-state index in [1.165, 1.54) is 14.2 Å². The summed E-state index contributed by atoms with van der Waals surface area (Å²) < 4.78 is 10.2. The van der Waals surface area contributed by atoms with Gasteiger partial charge in [-0.1, -0.05) is 62.4 Å². The zero-order valence-corrected chi connectivity index (χ0v) is 34.0. The molecule has 0 radical (unpaired) electrons. The van der Waals surface area contributed by atoms with E-state index < -0.39 is 18.2 Å². The Hall–Kier alpha value is -5.01. The van der Waals surface area contributed by atoms with Gasteiger partial charge < -0.3 is 39.5 Å². The Balaban J connectivity index is 0.971. The number of carbonyl (C=O) groups is 3. The van der Waals surface area contributed by atoms with E-state index in [9.17, 15) is 14.4 Å². The van der Waals surface area contributed by atoms with E-state index in [0.717, 1.165) is 110 Å². The lowest BCUT2D eigenvalue weighted by Crippen LogP contribution is -2.54. The number of aromatic amines is 2. The number of nitrogens with one attached hydrogen (secondary N) is 3. The van der Waals surface area contributed by atoms with Crippen LogP contribution in [0.15, 0.2) is 60.9 Å². The second-order valence-electron chi connectivity index (χ2n) is 15.7. The van der Waals surface area contributed by atoms with Gasteiger partial charge in [0, 0.05) is 32.2 Å². The van der Waals surface area contributed by atoms with Crippen LogP contribution in [0, 0.1) is 5.92 Å². The maximum absolute atomic E-state index is 13.8. The molecule has 7 rings (SSSR count). The van der Waals surface area contributed by atoms with E-state index in [1.54, 1.807) is 18.0 Å². The average molecular weight is 779 g/mol. The van der Waals surface area contributed by atoms with Gasteiger partial charge in [0.05, 0.1) is 49.1 Å². The Morgan fingerprint density at radius 3 is 1.74 bits per heavy atom. The summed E-state index contributed by atoms with van der Waals surface area (Å²) in [6.07, 6.45) is 10.2. The Morgan fingerprint density at radius 1 is 0.754 bits per heavy atom. The summed E-state index contributed by atoms with van der Waals surface area (Å²) in [5.74, 6) is 1.78. The molecule has 2 aromatic heterocycles. The number of methoxy groups -OCH3 is 2. The average Bonchev–Trinajstić information content (AvgIpc) is 4.10. The van der Waals surface area contributed by atoms with E-state index in [2.05, 4.69) is 92.4 Å². The van der Waals surface area contributed by atoms with Crippen LogP contribution >= 0.6 is 0 Å². The van der Waals surface area contributed by atoms with E-state index in [1.807, 2.05) is 6.20 Å². The number of rotatable bonds is 13. The second-order valence-corrected chi connectivity index (χ2v) is 15.7. The first-order chi connectivity index (χ1) is 27.7. The fraction of sp³-hybridized carbons (Fsp3) is 0.523. The summed E-state index contributed by atoms with van der Waals surface area (Å²) in [5.41, 5.74) is 6.03. The van der Waals surface area contributed by atoms with Crippen molar-refractivity contribution in [2.24, 2.45) is 5.92 Å². The van der Waals surface area contributed by atoms with Gasteiger partial charge in [0.25, 0.3) is 0 Å². The lowest BCUT2D eigenvalue weighted by atomic mass is 9.84. The van der Waals surface area contributed by atoms with Crippen molar-refractivity contribution in [3.8, 4) is 33.6 Å². The van der Waals surface area contributed by atoms with Gasteiger partial charge in [-0.25, -0.2) is 14.8 Å². The summed E-state index contributed by atoms with van der Waals surface area (Å²) in [7, 11) is 2.78. The number of aromatic nitrogens is 4. The van der Waals surface area contributed by atoms with E-state index in [0.29, 0.717) is 24.3 Å². The molecule has 57 heavy (non-hydrogen) atoms. The van der Waals surface area contributed by atoms with Crippen molar-refractivity contribution in [2.45, 2.75) is 102 Å². The first-order valence-corrected chi connectivity index (χ1v) is 20.8. The number of amides is 3. The molecular formula is C44H58N8O5. The molecule has 2 aromatic carbocycles. The highest BCUT2D eigenvalue weighted by atomic mass is 16.5. The molecule has 1 aliphatic carbocycles. The van der Waals surface area contributed by atoms with Crippen LogP contribution in [0.2, 0.25) is 0 Å². The highest BCUT2D eigenvalue weighted by Gasteiger charge is 2.39. The van der Waals surface area contributed by atoms with Crippen molar-refractivity contribution in [3.05, 3.63) is 72.6 Å². The molecular weight excluding hydrogens is 721 g/mol. The topological polar surface area (TPSA) is 149 Å². The van der Waals surface area contributed by atoms with Gasteiger partial charge >= 0.3 is 6.09 Å². The van der Waals surface area contributed by atoms with E-state index in [4.69, 9.17) is 14.5 Å². The normalized spacial score (nSPS) is 22.1. The maximum atomic E-state index is 13.8. The molecule has 304 valence electrons. The van der Waals surface area contributed by atoms with Gasteiger partial charge in [-0.05, 0) is 93.6 Å². The van der Waals surface area contributed by atoms with Crippen molar-refractivity contribution in [1.82, 2.24) is 40.0 Å². The van der Waals surface area contributed by atoms with Crippen LogP contribution in [0.3, 0.4) is 0 Å². The van der Waals surface area contributed by atoms with Crippen LogP contribution in [-0.4, -0.2) is 111 Å². The Bertz CT molecular complexity index is 1960. The fourth-order valence-electron chi connectivity index (χ4n) is 9.16. The van der Waals surface area contributed by atoms with Gasteiger partial charge in [0.15, 0.2) is 0 Å². The molecule has 0 spiro atoms. The molecule has 3 aliphatic rings. The smallest absolute Gasteiger partial charge is 0.407 e. The number of alkyl carbamates (subject to hydrolysis) is 1. The fourth-order valence-corrected chi connectivity index (χ4v) is 9.16. The third-order valence-electron chi connectivity index (χ3n) is 12.6. The summed E-state index contributed by atoms with van der Waals surface area (Å²) in [4.78, 5) is 62.3. The second kappa shape index (κ2) is 18.1. The highest BCUT2D eigenvalue weighted by Crippen LogP contribution is 2.37. The first-order valence-electron chi connectivity index (χ1n) is 20.8. The highest BCUT2D eigenvalue weighted by molar-refractivity contribution is 5.87. The third-order valence-corrected chi connectivity index (χ3v) is 12.6. The number of H-pyrrole nitrogens is 2. The minimum absolute atomic E-state index is 0.00231. The predicted octanol–water partition coefficient (Wildman–Crippen LogP) is 7.12. The predicted molar refractivity (Wildman–Crippen MR) is 219 cm³/mol. The van der Waals surface area contributed by atoms with E-state index in [-0.39, 0.29) is 23.9 Å². The standard InChI is InChI=1S/C44H58N8O5/c1-6-50(7-2)34-22-20-33(21-23-34)42(53)51-24-8-10-37(51)40-45-26-35(47-40)31-16-12-29(13-17-31)30-14-18-32(19-15-30)36-27-46-41(48-36)38-11-9-25-52(38)43(54)39(28(3)56-4)49-44(55)57-5/h12-19,26-28,33-34,37-39H,6-11,20-25H2,1-5H3,(H,45,47)(H,46,48)(H,49,55)/t28-,33?,34?,37+,38+,39+/m1/s1. The van der Waals surface area contributed by atoms with Crippen LogP contribution in [0.25, 0.3) is 33.6 Å². The zero-order chi connectivity index (χ0) is 40.1. The Kier molecular flexibility index (Phi) is 12.7. The third kappa shape index (κ3) is 8.64. The molecule has 13 heteroatoms. The Morgan fingerprint density at radius 2 is 1.25 bits per heavy atom. The summed E-state index contributed by atoms with van der Waals surface area (Å²) >= 11 is 0. The van der Waals surface area contributed by atoms with Crippen molar-refractivity contribution in [3.63, 3.8) is 0 Å². The summed E-state index contributed by atoms with van der Waals surface area (Å²) in [6, 6.07) is 16.3. The lowest BCUT2D eigenvalue weighted by molar-refractivity contribution is -0.138. The largest absolute Gasteiger partial charge is 0.453 e. The zero-order valence-electron chi connectivity index (χ0n) is 34.0. The SMILES string of the molecule is CCN(CC)C1CCC(C(=O)N2CCC[C@H]2c2ncc(-c3ccc(-c4ccc(-c5cnc([C@@H]6CCCN6C(=O)[C@@H](NC(=O)OC)[C@@H](C)OC)[nH]5)cc4)cc3)[nH]2)CC1. The molecule has 4 aromatic rings. The van der Waals surface area contributed by atoms with Gasteiger partial charge in [0.1, 0.15) is 17.7 Å². The maximum Gasteiger partial charge on any atom is 0.407 e. The summed E-state index contributed by atoms with van der Waals surface area (Å²) in [5, 5.41) is 2.63.